The summed E-state index contributed by atoms with van der Waals surface area (Å²) < 4.78 is 30.6. The number of nitrogens with two attached hydrogens (primary N) is 1. The molecule has 5 rings (SSSR count). The summed E-state index contributed by atoms with van der Waals surface area (Å²) in [6.07, 6.45) is 6.08. The summed E-state index contributed by atoms with van der Waals surface area (Å²) in [5.41, 5.74) is 8.69. The van der Waals surface area contributed by atoms with Gasteiger partial charge in [-0.3, -0.25) is 9.78 Å². The summed E-state index contributed by atoms with van der Waals surface area (Å²) in [4.78, 5) is 25.4. The quantitative estimate of drug-likeness (QED) is 0.481. The predicted octanol–water partition coefficient (Wildman–Crippen LogP) is 3.40. The van der Waals surface area contributed by atoms with Gasteiger partial charge in [-0.1, -0.05) is 6.07 Å². The molecule has 0 spiro atoms. The fraction of sp³-hybridized carbons (Fsp3) is 0.136. The molecule has 1 aliphatic rings. The number of aromatic amines is 1. The highest BCUT2D eigenvalue weighted by molar-refractivity contribution is 6.18. The average Bonchev–Trinajstić information content (AvgIpc) is 3.45. The molecule has 4 heterocycles. The van der Waals surface area contributed by atoms with Gasteiger partial charge in [-0.05, 0) is 30.3 Å². The number of imidazole rings is 1. The van der Waals surface area contributed by atoms with Crippen LogP contribution in [0.25, 0.3) is 16.5 Å². The van der Waals surface area contributed by atoms with Crippen LogP contribution < -0.4 is 5.73 Å². The maximum Gasteiger partial charge on any atom is 0.257 e. The van der Waals surface area contributed by atoms with Crippen LogP contribution in [-0.4, -0.2) is 32.3 Å². The lowest BCUT2D eigenvalue weighted by molar-refractivity contribution is -0.126. The van der Waals surface area contributed by atoms with Gasteiger partial charge in [0.1, 0.15) is 17.2 Å². The molecule has 0 aliphatic carbocycles. The zero-order valence-corrected chi connectivity index (χ0v) is 16.4. The van der Waals surface area contributed by atoms with Crippen LogP contribution in [0.2, 0.25) is 0 Å². The predicted molar refractivity (Wildman–Crippen MR) is 110 cm³/mol. The summed E-state index contributed by atoms with van der Waals surface area (Å²) in [5.74, 6) is -0.911. The van der Waals surface area contributed by atoms with Gasteiger partial charge in [-0.15, -0.1) is 0 Å². The molecule has 9 heteroatoms. The van der Waals surface area contributed by atoms with Crippen LogP contribution in [0.15, 0.2) is 65.8 Å². The van der Waals surface area contributed by atoms with Crippen LogP contribution in [-0.2, 0) is 17.8 Å². The lowest BCUT2D eigenvalue weighted by Gasteiger charge is -2.27. The Kier molecular flexibility index (Phi) is 5.74. The SMILES string of the molecule is Fc1cccc2occc12.N/C=C(/C(=O)N1CCc2nc[nH]c2C1)c1ccc(F)cn1. The summed E-state index contributed by atoms with van der Waals surface area (Å²) >= 11 is 0. The number of carbonyl (C=O) groups is 1. The van der Waals surface area contributed by atoms with E-state index < -0.39 is 5.82 Å². The van der Waals surface area contributed by atoms with Crippen LogP contribution in [0.4, 0.5) is 8.78 Å². The number of hydrogen-bond acceptors (Lipinski definition) is 5. The summed E-state index contributed by atoms with van der Waals surface area (Å²) in [5, 5.41) is 0.544. The Morgan fingerprint density at radius 2 is 2.06 bits per heavy atom. The van der Waals surface area contributed by atoms with E-state index >= 15 is 0 Å². The first-order valence-electron chi connectivity index (χ1n) is 9.52. The van der Waals surface area contributed by atoms with Gasteiger partial charge in [-0.25, -0.2) is 13.8 Å². The second-order valence-corrected chi connectivity index (χ2v) is 6.82. The third-order valence-electron chi connectivity index (χ3n) is 4.91. The second-order valence-electron chi connectivity index (χ2n) is 6.82. The van der Waals surface area contributed by atoms with E-state index in [1.807, 2.05) is 0 Å². The highest BCUT2D eigenvalue weighted by Crippen LogP contribution is 2.21. The van der Waals surface area contributed by atoms with Crippen LogP contribution in [0.5, 0.6) is 0 Å². The first kappa shape index (κ1) is 20.3. The third kappa shape index (κ3) is 4.30. The molecule has 1 amide bonds. The van der Waals surface area contributed by atoms with Gasteiger partial charge < -0.3 is 20.0 Å². The van der Waals surface area contributed by atoms with Crippen LogP contribution in [0, 0.1) is 11.6 Å². The Hall–Kier alpha value is -4.01. The third-order valence-corrected chi connectivity index (χ3v) is 4.91. The van der Waals surface area contributed by atoms with E-state index in [0.29, 0.717) is 36.2 Å². The minimum atomic E-state index is -0.456. The van der Waals surface area contributed by atoms with Crippen molar-refractivity contribution in [2.45, 2.75) is 13.0 Å². The molecule has 1 aromatic carbocycles. The summed E-state index contributed by atoms with van der Waals surface area (Å²) in [7, 11) is 0. The smallest absolute Gasteiger partial charge is 0.257 e. The van der Waals surface area contributed by atoms with Crippen molar-refractivity contribution < 1.29 is 18.0 Å². The molecule has 0 saturated carbocycles. The molecule has 0 unspecified atom stereocenters. The van der Waals surface area contributed by atoms with Gasteiger partial charge in [-0.2, -0.15) is 0 Å². The Morgan fingerprint density at radius 1 is 1.19 bits per heavy atom. The van der Waals surface area contributed by atoms with Gasteiger partial charge in [0.05, 0.1) is 53.4 Å². The van der Waals surface area contributed by atoms with Crippen molar-refractivity contribution in [3.63, 3.8) is 0 Å². The highest BCUT2D eigenvalue weighted by Gasteiger charge is 2.25. The maximum atomic E-state index is 12.9. The molecule has 4 aromatic rings. The van der Waals surface area contributed by atoms with E-state index in [2.05, 4.69) is 15.0 Å². The molecular formula is C22H19F2N5O2. The van der Waals surface area contributed by atoms with E-state index in [0.717, 1.165) is 17.6 Å². The number of hydrogen-bond donors (Lipinski definition) is 2. The van der Waals surface area contributed by atoms with Crippen LogP contribution in [0.1, 0.15) is 17.1 Å². The van der Waals surface area contributed by atoms with Crippen molar-refractivity contribution in [3.8, 4) is 0 Å². The van der Waals surface area contributed by atoms with Gasteiger partial charge >= 0.3 is 0 Å². The molecule has 3 aromatic heterocycles. The first-order valence-corrected chi connectivity index (χ1v) is 9.52. The van der Waals surface area contributed by atoms with Crippen LogP contribution in [0.3, 0.4) is 0 Å². The molecule has 0 radical (unpaired) electrons. The molecule has 31 heavy (non-hydrogen) atoms. The number of amides is 1. The van der Waals surface area contributed by atoms with Crippen molar-refractivity contribution in [3.05, 3.63) is 90.1 Å². The van der Waals surface area contributed by atoms with E-state index in [-0.39, 0.29) is 17.3 Å². The molecule has 158 valence electrons. The summed E-state index contributed by atoms with van der Waals surface area (Å²) in [6.45, 7) is 1.02. The van der Waals surface area contributed by atoms with Gasteiger partial charge in [0, 0.05) is 19.2 Å². The number of carbonyl (C=O) groups excluding carboxylic acids is 1. The topological polar surface area (TPSA) is 101 Å². The normalized spacial score (nSPS) is 13.5. The number of furan rings is 1. The first-order chi connectivity index (χ1) is 15.1. The van der Waals surface area contributed by atoms with Crippen molar-refractivity contribution in [1.82, 2.24) is 19.9 Å². The zero-order valence-electron chi connectivity index (χ0n) is 16.4. The minimum Gasteiger partial charge on any atom is -0.464 e. The number of fused-ring (bicyclic) bond motifs is 2. The number of rotatable bonds is 2. The number of aromatic nitrogens is 3. The Bertz CT molecular complexity index is 1230. The molecule has 0 saturated heterocycles. The molecular weight excluding hydrogens is 404 g/mol. The molecule has 7 nitrogen and oxygen atoms in total. The lowest BCUT2D eigenvalue weighted by atomic mass is 10.1. The van der Waals surface area contributed by atoms with Crippen molar-refractivity contribution >= 4 is 22.4 Å². The largest absolute Gasteiger partial charge is 0.464 e. The minimum absolute atomic E-state index is 0.225. The maximum absolute atomic E-state index is 12.9. The molecule has 0 fully saturated rings. The Morgan fingerprint density at radius 3 is 2.81 bits per heavy atom. The average molecular weight is 423 g/mol. The lowest BCUT2D eigenvalue weighted by Crippen LogP contribution is -2.36. The number of pyridine rings is 1. The molecule has 1 aliphatic heterocycles. The number of benzene rings is 1. The second kappa shape index (κ2) is 8.78. The van der Waals surface area contributed by atoms with E-state index in [1.165, 1.54) is 30.7 Å². The number of H-pyrrole nitrogens is 1. The number of nitrogens with zero attached hydrogens (tertiary/aromatic N) is 3. The molecule has 3 N–H and O–H groups in total. The van der Waals surface area contributed by atoms with Crippen molar-refractivity contribution in [1.29, 1.82) is 0 Å². The van der Waals surface area contributed by atoms with E-state index in [9.17, 15) is 13.6 Å². The number of nitrogens with one attached hydrogen (secondary N) is 1. The monoisotopic (exact) mass is 423 g/mol. The standard InChI is InChI=1S/C14H14FN5O.C8H5FO/c15-9-1-2-11(17-6-9)10(5-16)14(21)20-4-3-12-13(7-20)19-8-18-12;9-7-2-1-3-8-6(7)4-5-10-8/h1-2,5-6,8H,3-4,7,16H2,(H,18,19);1-5H/b10-5+;. The Balaban J connectivity index is 0.000000192. The summed E-state index contributed by atoms with van der Waals surface area (Å²) in [6, 6.07) is 9.09. The van der Waals surface area contributed by atoms with E-state index in [1.54, 1.807) is 29.4 Å². The fourth-order valence-electron chi connectivity index (χ4n) is 3.31. The molecule has 0 atom stereocenters. The highest BCUT2D eigenvalue weighted by atomic mass is 19.1. The number of halogens is 2. The zero-order chi connectivity index (χ0) is 21.8. The Labute approximate surface area is 176 Å². The van der Waals surface area contributed by atoms with Crippen molar-refractivity contribution in [2.24, 2.45) is 5.73 Å². The van der Waals surface area contributed by atoms with Crippen molar-refractivity contribution in [2.75, 3.05) is 6.54 Å². The van der Waals surface area contributed by atoms with Gasteiger partial charge in [0.15, 0.2) is 0 Å². The van der Waals surface area contributed by atoms with Gasteiger partial charge in [0.2, 0.25) is 0 Å². The van der Waals surface area contributed by atoms with E-state index in [4.69, 9.17) is 10.2 Å². The molecule has 0 bridgehead atoms. The van der Waals surface area contributed by atoms with Crippen LogP contribution >= 0.6 is 0 Å². The fourth-order valence-corrected chi connectivity index (χ4v) is 3.31. The van der Waals surface area contributed by atoms with Gasteiger partial charge in [0.25, 0.3) is 5.91 Å².